The van der Waals surface area contributed by atoms with Gasteiger partial charge < -0.3 is 19.8 Å². The van der Waals surface area contributed by atoms with Gasteiger partial charge in [0.1, 0.15) is 18.5 Å². The Hall–Kier alpha value is -3.12. The van der Waals surface area contributed by atoms with Crippen molar-refractivity contribution in [2.75, 3.05) is 19.7 Å². The van der Waals surface area contributed by atoms with Crippen molar-refractivity contribution in [1.82, 2.24) is 15.3 Å². The number of aromatic amines is 1. The Kier molecular flexibility index (Phi) is 5.47. The molecule has 5 rings (SSSR count). The number of fused-ring (bicyclic) bond motifs is 4. The molecule has 0 fully saturated rings. The fourth-order valence-electron chi connectivity index (χ4n) is 4.14. The van der Waals surface area contributed by atoms with Crippen LogP contribution in [0, 0.1) is 5.82 Å². The third kappa shape index (κ3) is 4.08. The maximum Gasteiger partial charge on any atom is 0.171 e. The highest BCUT2D eigenvalue weighted by Gasteiger charge is 2.23. The Morgan fingerprint density at radius 3 is 3.00 bits per heavy atom. The molecule has 1 unspecified atom stereocenters. The number of rotatable bonds is 7. The molecule has 0 saturated heterocycles. The Balaban J connectivity index is 1.16. The van der Waals surface area contributed by atoms with E-state index < -0.39 is 0 Å². The van der Waals surface area contributed by atoms with Crippen LogP contribution in [0.5, 0.6) is 11.5 Å². The van der Waals surface area contributed by atoms with Crippen LogP contribution in [-0.2, 0) is 12.8 Å². The van der Waals surface area contributed by atoms with E-state index in [0.29, 0.717) is 13.2 Å². The lowest BCUT2D eigenvalue weighted by Crippen LogP contribution is -2.38. The van der Waals surface area contributed by atoms with E-state index in [1.165, 1.54) is 6.07 Å². The van der Waals surface area contributed by atoms with E-state index in [2.05, 4.69) is 28.3 Å². The number of pyridine rings is 1. The van der Waals surface area contributed by atoms with E-state index in [-0.39, 0.29) is 11.9 Å². The first kappa shape index (κ1) is 19.8. The standard InChI is InChI=1S/C25H26FN3O2/c1-2-18-6-7-20-23(29-18)9-10-24-25(20)31-19(15-30-24)14-27-11-3-4-16-13-28-22-8-5-17(26)12-21(16)22/h5-10,12-13,19,27-28H,2-4,11,14-15H2,1H3. The lowest BCUT2D eigenvalue weighted by atomic mass is 10.1. The summed E-state index contributed by atoms with van der Waals surface area (Å²) in [7, 11) is 0. The van der Waals surface area contributed by atoms with Gasteiger partial charge in [-0.15, -0.1) is 0 Å². The summed E-state index contributed by atoms with van der Waals surface area (Å²) in [6.45, 7) is 4.18. The fraction of sp³-hybridized carbons (Fsp3) is 0.320. The second-order valence-electron chi connectivity index (χ2n) is 7.98. The summed E-state index contributed by atoms with van der Waals surface area (Å²) >= 11 is 0. The molecule has 5 nitrogen and oxygen atoms in total. The Bertz CT molecular complexity index is 1220. The molecule has 1 aliphatic rings. The minimum Gasteiger partial charge on any atom is -0.486 e. The summed E-state index contributed by atoms with van der Waals surface area (Å²) in [6.07, 6.45) is 4.68. The molecule has 2 aromatic heterocycles. The van der Waals surface area contributed by atoms with Crippen LogP contribution in [0.2, 0.25) is 0 Å². The number of hydrogen-bond donors (Lipinski definition) is 2. The lowest BCUT2D eigenvalue weighted by Gasteiger charge is -2.27. The number of aryl methyl sites for hydroxylation is 2. The number of aromatic nitrogens is 2. The molecule has 0 bridgehead atoms. The van der Waals surface area contributed by atoms with E-state index in [1.807, 2.05) is 24.4 Å². The zero-order valence-corrected chi connectivity index (χ0v) is 17.6. The van der Waals surface area contributed by atoms with E-state index in [1.54, 1.807) is 12.1 Å². The molecule has 4 aromatic rings. The van der Waals surface area contributed by atoms with Crippen molar-refractivity contribution in [3.8, 4) is 11.5 Å². The monoisotopic (exact) mass is 419 g/mol. The molecular formula is C25H26FN3O2. The fourth-order valence-corrected chi connectivity index (χ4v) is 4.14. The molecule has 0 radical (unpaired) electrons. The first-order chi connectivity index (χ1) is 15.2. The third-order valence-corrected chi connectivity index (χ3v) is 5.82. The summed E-state index contributed by atoms with van der Waals surface area (Å²) in [5, 5.41) is 5.43. The molecule has 31 heavy (non-hydrogen) atoms. The van der Waals surface area contributed by atoms with Crippen LogP contribution in [0.4, 0.5) is 4.39 Å². The third-order valence-electron chi connectivity index (χ3n) is 5.82. The maximum absolute atomic E-state index is 13.5. The minimum absolute atomic E-state index is 0.0499. The molecule has 2 N–H and O–H groups in total. The van der Waals surface area contributed by atoms with Crippen molar-refractivity contribution in [1.29, 1.82) is 0 Å². The number of nitrogens with one attached hydrogen (secondary N) is 2. The highest BCUT2D eigenvalue weighted by Crippen LogP contribution is 2.38. The van der Waals surface area contributed by atoms with E-state index >= 15 is 0 Å². The zero-order valence-electron chi connectivity index (χ0n) is 17.6. The van der Waals surface area contributed by atoms with Gasteiger partial charge in [0.2, 0.25) is 0 Å². The lowest BCUT2D eigenvalue weighted by molar-refractivity contribution is 0.0925. The van der Waals surface area contributed by atoms with Crippen molar-refractivity contribution in [3.05, 3.63) is 65.7 Å². The van der Waals surface area contributed by atoms with Crippen molar-refractivity contribution in [2.45, 2.75) is 32.3 Å². The van der Waals surface area contributed by atoms with Crippen molar-refractivity contribution < 1.29 is 13.9 Å². The second-order valence-corrected chi connectivity index (χ2v) is 7.98. The van der Waals surface area contributed by atoms with Crippen LogP contribution in [0.1, 0.15) is 24.6 Å². The highest BCUT2D eigenvalue weighted by molar-refractivity contribution is 5.88. The topological polar surface area (TPSA) is 59.2 Å². The number of H-pyrrole nitrogens is 1. The molecule has 2 aromatic carbocycles. The molecule has 0 spiro atoms. The average Bonchev–Trinajstić information content (AvgIpc) is 3.20. The van der Waals surface area contributed by atoms with Crippen LogP contribution in [0.3, 0.4) is 0 Å². The summed E-state index contributed by atoms with van der Waals surface area (Å²) in [5.74, 6) is 1.36. The second kappa shape index (κ2) is 8.55. The minimum atomic E-state index is -0.199. The molecule has 3 heterocycles. The normalized spacial score (nSPS) is 15.6. The van der Waals surface area contributed by atoms with Crippen molar-refractivity contribution in [3.63, 3.8) is 0 Å². The number of hydrogen-bond acceptors (Lipinski definition) is 4. The number of benzene rings is 2. The predicted molar refractivity (Wildman–Crippen MR) is 120 cm³/mol. The molecule has 0 amide bonds. The van der Waals surface area contributed by atoms with Gasteiger partial charge in [-0.2, -0.15) is 0 Å². The van der Waals surface area contributed by atoms with Gasteiger partial charge in [0.05, 0.1) is 5.52 Å². The van der Waals surface area contributed by atoms with Gasteiger partial charge in [-0.25, -0.2) is 4.39 Å². The summed E-state index contributed by atoms with van der Waals surface area (Å²) in [4.78, 5) is 7.90. The van der Waals surface area contributed by atoms with Gasteiger partial charge in [0.25, 0.3) is 0 Å². The van der Waals surface area contributed by atoms with Gasteiger partial charge in [-0.1, -0.05) is 6.92 Å². The average molecular weight is 420 g/mol. The first-order valence-corrected chi connectivity index (χ1v) is 10.9. The molecule has 160 valence electrons. The summed E-state index contributed by atoms with van der Waals surface area (Å²) < 4.78 is 25.7. The predicted octanol–water partition coefficient (Wildman–Crippen LogP) is 4.78. The van der Waals surface area contributed by atoms with Crippen LogP contribution >= 0.6 is 0 Å². The van der Waals surface area contributed by atoms with Gasteiger partial charge in [0, 0.05) is 34.7 Å². The van der Waals surface area contributed by atoms with Gasteiger partial charge in [0.15, 0.2) is 11.5 Å². The molecule has 6 heteroatoms. The number of halogens is 1. The van der Waals surface area contributed by atoms with E-state index in [0.717, 1.165) is 70.4 Å². The number of nitrogens with zero attached hydrogens (tertiary/aromatic N) is 1. The van der Waals surface area contributed by atoms with Gasteiger partial charge >= 0.3 is 0 Å². The zero-order chi connectivity index (χ0) is 21.2. The molecular weight excluding hydrogens is 393 g/mol. The molecule has 1 atom stereocenters. The van der Waals surface area contributed by atoms with Crippen molar-refractivity contribution in [2.24, 2.45) is 0 Å². The van der Waals surface area contributed by atoms with Crippen LogP contribution in [0.25, 0.3) is 21.8 Å². The maximum atomic E-state index is 13.5. The SMILES string of the molecule is CCc1ccc2c3c(ccc2n1)OCC(CNCCCc1c[nH]c2ccc(F)cc12)O3. The number of ether oxygens (including phenoxy) is 2. The van der Waals surface area contributed by atoms with Crippen LogP contribution in [-0.4, -0.2) is 35.8 Å². The summed E-state index contributed by atoms with van der Waals surface area (Å²) in [6, 6.07) is 12.9. The smallest absolute Gasteiger partial charge is 0.171 e. The molecule has 0 aliphatic carbocycles. The highest BCUT2D eigenvalue weighted by atomic mass is 19.1. The Morgan fingerprint density at radius 1 is 1.16 bits per heavy atom. The molecule has 1 aliphatic heterocycles. The van der Waals surface area contributed by atoms with Crippen molar-refractivity contribution >= 4 is 21.8 Å². The van der Waals surface area contributed by atoms with E-state index in [9.17, 15) is 4.39 Å². The van der Waals surface area contributed by atoms with E-state index in [4.69, 9.17) is 9.47 Å². The van der Waals surface area contributed by atoms with Crippen LogP contribution < -0.4 is 14.8 Å². The summed E-state index contributed by atoms with van der Waals surface area (Å²) in [5.41, 5.74) is 4.13. The quantitative estimate of drug-likeness (QED) is 0.423. The Labute approximate surface area is 180 Å². The first-order valence-electron chi connectivity index (χ1n) is 10.9. The molecule has 0 saturated carbocycles. The largest absolute Gasteiger partial charge is 0.486 e. The Morgan fingerprint density at radius 2 is 2.10 bits per heavy atom. The van der Waals surface area contributed by atoms with Crippen LogP contribution in [0.15, 0.2) is 48.7 Å². The van der Waals surface area contributed by atoms with Gasteiger partial charge in [-0.3, -0.25) is 4.98 Å². The van der Waals surface area contributed by atoms with Gasteiger partial charge in [-0.05, 0) is 73.8 Å².